The summed E-state index contributed by atoms with van der Waals surface area (Å²) in [5.74, 6) is -1.60. The van der Waals surface area contributed by atoms with E-state index in [0.717, 1.165) is 0 Å². The molecule has 6 heteroatoms. The molecule has 1 fully saturated rings. The molecule has 1 saturated carbocycles. The van der Waals surface area contributed by atoms with Gasteiger partial charge in [0.1, 0.15) is 11.3 Å². The van der Waals surface area contributed by atoms with Gasteiger partial charge < -0.3 is 15.2 Å². The number of hydrogen-bond acceptors (Lipinski definition) is 6. The van der Waals surface area contributed by atoms with E-state index in [1.165, 1.54) is 14.2 Å². The first kappa shape index (κ1) is 10.9. The Bertz CT molecular complexity index is 456. The Morgan fingerprint density at radius 1 is 1.31 bits per heavy atom. The normalized spacial score (nSPS) is 42.8. The summed E-state index contributed by atoms with van der Waals surface area (Å²) in [7, 11) is 2.77. The summed E-state index contributed by atoms with van der Waals surface area (Å²) < 4.78 is 10.4. The second-order valence-electron chi connectivity index (χ2n) is 4.05. The third-order valence-electron chi connectivity index (χ3n) is 3.91. The minimum atomic E-state index is -1.46. The summed E-state index contributed by atoms with van der Waals surface area (Å²) in [6.45, 7) is 1.78. The Balaban J connectivity index is 2.67. The lowest BCUT2D eigenvalue weighted by Gasteiger charge is -2.28. The standard InChI is InChI=1S/C10H12N4O2/c1-6-8(4-11)7(13)14-10(15-2,16-3)9(6,8)5-12/h6H,1-3H3,(H2,13,14)/t6-,8+,9+/m0/s1. The molecule has 0 amide bonds. The molecule has 1 aliphatic heterocycles. The molecule has 3 atom stereocenters. The van der Waals surface area contributed by atoms with Crippen LogP contribution >= 0.6 is 0 Å². The van der Waals surface area contributed by atoms with Gasteiger partial charge in [-0.3, -0.25) is 0 Å². The van der Waals surface area contributed by atoms with Gasteiger partial charge in [-0.05, 0) is 0 Å². The first-order chi connectivity index (χ1) is 7.53. The van der Waals surface area contributed by atoms with Gasteiger partial charge in [-0.15, -0.1) is 0 Å². The molecule has 6 nitrogen and oxygen atoms in total. The van der Waals surface area contributed by atoms with E-state index in [9.17, 15) is 10.5 Å². The van der Waals surface area contributed by atoms with Crippen LogP contribution in [0.1, 0.15) is 6.92 Å². The minimum absolute atomic E-state index is 0.118. The molecular formula is C10H12N4O2. The second-order valence-corrected chi connectivity index (χ2v) is 4.05. The van der Waals surface area contributed by atoms with Crippen molar-refractivity contribution < 1.29 is 9.47 Å². The quantitative estimate of drug-likeness (QED) is 0.658. The van der Waals surface area contributed by atoms with E-state index < -0.39 is 16.7 Å². The Hall–Kier alpha value is -1.63. The zero-order chi connectivity index (χ0) is 12.2. The zero-order valence-corrected chi connectivity index (χ0v) is 9.31. The first-order valence-electron chi connectivity index (χ1n) is 4.81. The molecule has 2 rings (SSSR count). The van der Waals surface area contributed by atoms with Crippen LogP contribution in [-0.2, 0) is 9.47 Å². The number of nitriles is 2. The fourth-order valence-corrected chi connectivity index (χ4v) is 2.94. The molecule has 16 heavy (non-hydrogen) atoms. The number of nitrogens with zero attached hydrogens (tertiary/aromatic N) is 3. The number of hydrogen-bond donors (Lipinski definition) is 1. The lowest BCUT2D eigenvalue weighted by Crippen LogP contribution is -2.41. The van der Waals surface area contributed by atoms with Crippen molar-refractivity contribution in [3.05, 3.63) is 0 Å². The molecule has 1 aliphatic carbocycles. The van der Waals surface area contributed by atoms with E-state index in [0.29, 0.717) is 0 Å². The minimum Gasteiger partial charge on any atom is -0.386 e. The van der Waals surface area contributed by atoms with Gasteiger partial charge in [0, 0.05) is 20.1 Å². The van der Waals surface area contributed by atoms with Crippen LogP contribution in [0.15, 0.2) is 4.99 Å². The average molecular weight is 220 g/mol. The number of nitrogens with two attached hydrogens (primary N) is 1. The van der Waals surface area contributed by atoms with Crippen LogP contribution in [0.4, 0.5) is 0 Å². The Morgan fingerprint density at radius 3 is 2.19 bits per heavy atom. The van der Waals surface area contributed by atoms with Crippen LogP contribution in [-0.4, -0.2) is 26.0 Å². The van der Waals surface area contributed by atoms with Gasteiger partial charge in [0.25, 0.3) is 5.91 Å². The van der Waals surface area contributed by atoms with Crippen molar-refractivity contribution in [2.75, 3.05) is 14.2 Å². The highest BCUT2D eigenvalue weighted by atomic mass is 16.7. The van der Waals surface area contributed by atoms with Gasteiger partial charge in [-0.2, -0.15) is 10.5 Å². The molecule has 84 valence electrons. The summed E-state index contributed by atoms with van der Waals surface area (Å²) in [5, 5.41) is 18.6. The van der Waals surface area contributed by atoms with Crippen molar-refractivity contribution >= 4 is 5.84 Å². The largest absolute Gasteiger partial charge is 0.386 e. The lowest BCUT2D eigenvalue weighted by molar-refractivity contribution is -0.232. The Labute approximate surface area is 93.3 Å². The van der Waals surface area contributed by atoms with Gasteiger partial charge in [0.15, 0.2) is 5.41 Å². The SMILES string of the molecule is COC1(OC)N=C(N)[C@@]2(C#N)[C@H](C)[C@@]12C#N. The van der Waals surface area contributed by atoms with Gasteiger partial charge in [-0.1, -0.05) is 6.92 Å². The van der Waals surface area contributed by atoms with E-state index in [4.69, 9.17) is 15.2 Å². The van der Waals surface area contributed by atoms with E-state index >= 15 is 0 Å². The Morgan fingerprint density at radius 2 is 1.88 bits per heavy atom. The van der Waals surface area contributed by atoms with Gasteiger partial charge in [0.05, 0.1) is 12.1 Å². The van der Waals surface area contributed by atoms with Crippen LogP contribution in [0.5, 0.6) is 0 Å². The number of ether oxygens (including phenoxy) is 2. The number of amidine groups is 1. The molecule has 2 aliphatic rings. The van der Waals surface area contributed by atoms with Crippen molar-refractivity contribution in [3.8, 4) is 12.1 Å². The zero-order valence-electron chi connectivity index (χ0n) is 9.31. The predicted molar refractivity (Wildman–Crippen MR) is 53.6 cm³/mol. The summed E-state index contributed by atoms with van der Waals surface area (Å²) in [4.78, 5) is 4.03. The summed E-state index contributed by atoms with van der Waals surface area (Å²) in [6, 6.07) is 4.20. The number of aliphatic imine (C=N–C) groups is 1. The van der Waals surface area contributed by atoms with Crippen LogP contribution < -0.4 is 5.73 Å². The molecule has 0 aromatic rings. The third kappa shape index (κ3) is 0.656. The highest BCUT2D eigenvalue weighted by Crippen LogP contribution is 2.77. The van der Waals surface area contributed by atoms with E-state index in [1.807, 2.05) is 0 Å². The molecule has 0 unspecified atom stereocenters. The fraction of sp³-hybridized carbons (Fsp3) is 0.700. The molecule has 2 N–H and O–H groups in total. The first-order valence-corrected chi connectivity index (χ1v) is 4.81. The summed E-state index contributed by atoms with van der Waals surface area (Å²) in [5.41, 5.74) is 3.55. The second kappa shape index (κ2) is 2.73. The molecule has 0 radical (unpaired) electrons. The maximum absolute atomic E-state index is 9.36. The van der Waals surface area contributed by atoms with Gasteiger partial charge in [0.2, 0.25) is 0 Å². The van der Waals surface area contributed by atoms with E-state index in [2.05, 4.69) is 17.1 Å². The van der Waals surface area contributed by atoms with Crippen LogP contribution in [0.2, 0.25) is 0 Å². The highest BCUT2D eigenvalue weighted by Gasteiger charge is 2.91. The molecule has 0 saturated heterocycles. The smallest absolute Gasteiger partial charge is 0.292 e. The third-order valence-corrected chi connectivity index (χ3v) is 3.91. The van der Waals surface area contributed by atoms with Crippen LogP contribution in [0.3, 0.4) is 0 Å². The maximum atomic E-state index is 9.36. The molecular weight excluding hydrogens is 208 g/mol. The molecule has 0 aromatic carbocycles. The molecule has 0 spiro atoms. The lowest BCUT2D eigenvalue weighted by atomic mass is 9.94. The average Bonchev–Trinajstić information content (AvgIpc) is 2.77. The van der Waals surface area contributed by atoms with Crippen molar-refractivity contribution in [1.82, 2.24) is 0 Å². The fourth-order valence-electron chi connectivity index (χ4n) is 2.94. The van der Waals surface area contributed by atoms with Crippen LogP contribution in [0, 0.1) is 39.4 Å². The van der Waals surface area contributed by atoms with Crippen molar-refractivity contribution in [3.63, 3.8) is 0 Å². The molecule has 1 heterocycles. The number of fused-ring (bicyclic) bond motifs is 1. The number of rotatable bonds is 2. The Kier molecular flexibility index (Phi) is 1.86. The monoisotopic (exact) mass is 220 g/mol. The predicted octanol–water partition coefficient (Wildman–Crippen LogP) is -0.0265. The van der Waals surface area contributed by atoms with Crippen molar-refractivity contribution in [2.24, 2.45) is 27.5 Å². The topological polar surface area (TPSA) is 104 Å². The van der Waals surface area contributed by atoms with Gasteiger partial charge in [-0.25, -0.2) is 4.99 Å². The van der Waals surface area contributed by atoms with Crippen molar-refractivity contribution in [1.29, 1.82) is 10.5 Å². The summed E-state index contributed by atoms with van der Waals surface area (Å²) >= 11 is 0. The highest BCUT2D eigenvalue weighted by molar-refractivity contribution is 5.98. The molecule has 0 aromatic heterocycles. The van der Waals surface area contributed by atoms with E-state index in [1.54, 1.807) is 6.92 Å². The van der Waals surface area contributed by atoms with E-state index in [-0.39, 0.29) is 11.8 Å². The summed E-state index contributed by atoms with van der Waals surface area (Å²) in [6.07, 6.45) is 0. The number of methoxy groups -OCH3 is 2. The van der Waals surface area contributed by atoms with Crippen LogP contribution in [0.25, 0.3) is 0 Å². The maximum Gasteiger partial charge on any atom is 0.292 e. The molecule has 0 bridgehead atoms. The van der Waals surface area contributed by atoms with Crippen molar-refractivity contribution in [2.45, 2.75) is 12.8 Å². The van der Waals surface area contributed by atoms with Gasteiger partial charge >= 0.3 is 0 Å².